The molecule has 2 heterocycles. The van der Waals surface area contributed by atoms with Crippen molar-refractivity contribution in [3.05, 3.63) is 34.6 Å². The van der Waals surface area contributed by atoms with Gasteiger partial charge in [0.15, 0.2) is 0 Å². The van der Waals surface area contributed by atoms with E-state index in [-0.39, 0.29) is 17.4 Å². The first kappa shape index (κ1) is 18.5. The predicted molar refractivity (Wildman–Crippen MR) is 97.9 cm³/mol. The van der Waals surface area contributed by atoms with Crippen LogP contribution in [0.4, 0.5) is 0 Å². The van der Waals surface area contributed by atoms with E-state index < -0.39 is 6.04 Å². The van der Waals surface area contributed by atoms with Crippen LogP contribution in [-0.2, 0) is 9.53 Å². The molecule has 1 aliphatic rings. The van der Waals surface area contributed by atoms with Crippen molar-refractivity contribution < 1.29 is 9.53 Å². The molecule has 1 N–H and O–H groups in total. The highest BCUT2D eigenvalue weighted by molar-refractivity contribution is 5.81. The Balaban J connectivity index is 1.73. The van der Waals surface area contributed by atoms with Gasteiger partial charge in [-0.15, -0.1) is 5.10 Å². The van der Waals surface area contributed by atoms with Crippen molar-refractivity contribution in [3.8, 4) is 0 Å². The standard InChI is InChI=1S/C18H25N5O3/c1-13(2)16(17(24)19-7-8-22-9-11-26-12-10-22)23-18(25)14-5-3-4-6-15(14)20-21-23/h3-6,13,16H,7-12H2,1-2H3,(H,19,24)/t16-/m0/s1. The molecule has 1 saturated heterocycles. The van der Waals surface area contributed by atoms with E-state index in [1.54, 1.807) is 24.3 Å². The van der Waals surface area contributed by atoms with Gasteiger partial charge >= 0.3 is 0 Å². The topological polar surface area (TPSA) is 89.3 Å². The summed E-state index contributed by atoms with van der Waals surface area (Å²) < 4.78 is 6.53. The smallest absolute Gasteiger partial charge is 0.278 e. The molecule has 26 heavy (non-hydrogen) atoms. The molecule has 1 atom stereocenters. The number of hydrogen-bond acceptors (Lipinski definition) is 6. The number of carbonyl (C=O) groups is 1. The number of aromatic nitrogens is 3. The summed E-state index contributed by atoms with van der Waals surface area (Å²) in [6.45, 7) is 8.29. The second-order valence-electron chi connectivity index (χ2n) is 6.79. The van der Waals surface area contributed by atoms with E-state index in [0.717, 1.165) is 32.8 Å². The minimum Gasteiger partial charge on any atom is -0.379 e. The molecule has 1 amide bonds. The van der Waals surface area contributed by atoms with Crippen LogP contribution < -0.4 is 10.9 Å². The van der Waals surface area contributed by atoms with E-state index in [2.05, 4.69) is 20.5 Å². The number of fused-ring (bicyclic) bond motifs is 1. The molecule has 1 aliphatic heterocycles. The quantitative estimate of drug-likeness (QED) is 0.805. The summed E-state index contributed by atoms with van der Waals surface area (Å²) in [4.78, 5) is 27.7. The van der Waals surface area contributed by atoms with Gasteiger partial charge in [0, 0.05) is 26.2 Å². The zero-order valence-electron chi connectivity index (χ0n) is 15.2. The molecule has 1 aromatic carbocycles. The van der Waals surface area contributed by atoms with Gasteiger partial charge in [-0.25, -0.2) is 0 Å². The summed E-state index contributed by atoms with van der Waals surface area (Å²) in [5.41, 5.74) is 0.238. The van der Waals surface area contributed by atoms with Crippen LogP contribution in [0.3, 0.4) is 0 Å². The number of hydrogen-bond donors (Lipinski definition) is 1. The molecule has 0 radical (unpaired) electrons. The zero-order valence-corrected chi connectivity index (χ0v) is 15.2. The van der Waals surface area contributed by atoms with E-state index in [9.17, 15) is 9.59 Å². The highest BCUT2D eigenvalue weighted by Gasteiger charge is 2.27. The highest BCUT2D eigenvalue weighted by Crippen LogP contribution is 2.16. The van der Waals surface area contributed by atoms with Crippen LogP contribution in [0.25, 0.3) is 10.9 Å². The predicted octanol–water partition coefficient (Wildman–Crippen LogP) is 0.437. The molecular weight excluding hydrogens is 334 g/mol. The number of morpholine rings is 1. The van der Waals surface area contributed by atoms with E-state index in [1.807, 2.05) is 13.8 Å². The SMILES string of the molecule is CC(C)[C@@H](C(=O)NCCN1CCOCC1)n1nnc2ccccc2c1=O. The molecule has 1 fully saturated rings. The van der Waals surface area contributed by atoms with Crippen LogP contribution in [0, 0.1) is 5.92 Å². The molecule has 0 saturated carbocycles. The Kier molecular flexibility index (Phi) is 5.95. The Labute approximate surface area is 152 Å². The number of rotatable bonds is 6. The second kappa shape index (κ2) is 8.37. The molecule has 0 spiro atoms. The lowest BCUT2D eigenvalue weighted by Gasteiger charge is -2.27. The van der Waals surface area contributed by atoms with Gasteiger partial charge in [-0.05, 0) is 18.1 Å². The fourth-order valence-electron chi connectivity index (χ4n) is 3.15. The normalized spacial score (nSPS) is 16.7. The van der Waals surface area contributed by atoms with Gasteiger partial charge in [0.05, 0.1) is 18.6 Å². The van der Waals surface area contributed by atoms with E-state index in [4.69, 9.17) is 4.74 Å². The van der Waals surface area contributed by atoms with Crippen molar-refractivity contribution in [2.45, 2.75) is 19.9 Å². The van der Waals surface area contributed by atoms with Gasteiger partial charge in [0.2, 0.25) is 5.91 Å². The third kappa shape index (κ3) is 4.08. The van der Waals surface area contributed by atoms with Crippen molar-refractivity contribution in [2.75, 3.05) is 39.4 Å². The molecule has 140 valence electrons. The van der Waals surface area contributed by atoms with Gasteiger partial charge < -0.3 is 10.1 Å². The van der Waals surface area contributed by atoms with Gasteiger partial charge in [-0.2, -0.15) is 4.68 Å². The first-order valence-corrected chi connectivity index (χ1v) is 9.00. The Morgan fingerprint density at radius 1 is 1.27 bits per heavy atom. The summed E-state index contributed by atoms with van der Waals surface area (Å²) in [5, 5.41) is 11.5. The summed E-state index contributed by atoms with van der Waals surface area (Å²) in [7, 11) is 0. The maximum atomic E-state index is 12.8. The molecule has 0 aliphatic carbocycles. The fraction of sp³-hybridized carbons (Fsp3) is 0.556. The molecule has 0 unspecified atom stereocenters. The number of ether oxygens (including phenoxy) is 1. The molecule has 3 rings (SSSR count). The maximum Gasteiger partial charge on any atom is 0.278 e. The monoisotopic (exact) mass is 359 g/mol. The largest absolute Gasteiger partial charge is 0.379 e. The molecule has 8 nitrogen and oxygen atoms in total. The lowest BCUT2D eigenvalue weighted by Crippen LogP contribution is -2.45. The van der Waals surface area contributed by atoms with Gasteiger partial charge in [-0.3, -0.25) is 14.5 Å². The Morgan fingerprint density at radius 2 is 2.00 bits per heavy atom. The van der Waals surface area contributed by atoms with E-state index >= 15 is 0 Å². The molecule has 1 aromatic heterocycles. The van der Waals surface area contributed by atoms with Gasteiger partial charge in [0.1, 0.15) is 11.6 Å². The zero-order chi connectivity index (χ0) is 18.5. The van der Waals surface area contributed by atoms with Crippen LogP contribution in [0.15, 0.2) is 29.1 Å². The molecular formula is C18H25N5O3. The van der Waals surface area contributed by atoms with Crippen LogP contribution in [-0.4, -0.2) is 65.2 Å². The maximum absolute atomic E-state index is 12.8. The number of nitrogens with one attached hydrogen (secondary N) is 1. The van der Waals surface area contributed by atoms with Crippen LogP contribution in [0.2, 0.25) is 0 Å². The van der Waals surface area contributed by atoms with E-state index in [1.165, 1.54) is 4.68 Å². The number of benzene rings is 1. The lowest BCUT2D eigenvalue weighted by atomic mass is 10.0. The summed E-state index contributed by atoms with van der Waals surface area (Å²) in [6, 6.07) is 6.34. The van der Waals surface area contributed by atoms with Crippen molar-refractivity contribution in [1.29, 1.82) is 0 Å². The van der Waals surface area contributed by atoms with Crippen molar-refractivity contribution >= 4 is 16.8 Å². The first-order valence-electron chi connectivity index (χ1n) is 9.00. The second-order valence-corrected chi connectivity index (χ2v) is 6.79. The fourth-order valence-corrected chi connectivity index (χ4v) is 3.15. The number of amides is 1. The van der Waals surface area contributed by atoms with Crippen LogP contribution in [0.1, 0.15) is 19.9 Å². The van der Waals surface area contributed by atoms with Crippen molar-refractivity contribution in [2.24, 2.45) is 5.92 Å². The molecule has 0 bridgehead atoms. The minimum atomic E-state index is -0.690. The van der Waals surface area contributed by atoms with Gasteiger partial charge in [-0.1, -0.05) is 31.2 Å². The van der Waals surface area contributed by atoms with Crippen LogP contribution >= 0.6 is 0 Å². The Morgan fingerprint density at radius 3 is 2.73 bits per heavy atom. The Bertz CT molecular complexity index is 814. The minimum absolute atomic E-state index is 0.0912. The third-order valence-electron chi connectivity index (χ3n) is 4.59. The molecule has 8 heteroatoms. The summed E-state index contributed by atoms with van der Waals surface area (Å²) in [6.07, 6.45) is 0. The summed E-state index contributed by atoms with van der Waals surface area (Å²) in [5.74, 6) is -0.300. The first-order chi connectivity index (χ1) is 12.6. The Hall–Kier alpha value is -2.32. The van der Waals surface area contributed by atoms with Crippen LogP contribution in [0.5, 0.6) is 0 Å². The average Bonchev–Trinajstić information content (AvgIpc) is 2.65. The highest BCUT2D eigenvalue weighted by atomic mass is 16.5. The molecule has 2 aromatic rings. The lowest BCUT2D eigenvalue weighted by molar-refractivity contribution is -0.126. The van der Waals surface area contributed by atoms with Crippen molar-refractivity contribution in [3.63, 3.8) is 0 Å². The van der Waals surface area contributed by atoms with E-state index in [0.29, 0.717) is 17.4 Å². The number of nitrogens with zero attached hydrogens (tertiary/aromatic N) is 4. The van der Waals surface area contributed by atoms with Crippen molar-refractivity contribution in [1.82, 2.24) is 25.2 Å². The third-order valence-corrected chi connectivity index (χ3v) is 4.59. The summed E-state index contributed by atoms with van der Waals surface area (Å²) >= 11 is 0. The number of carbonyl (C=O) groups excluding carboxylic acids is 1. The average molecular weight is 359 g/mol. The van der Waals surface area contributed by atoms with Gasteiger partial charge in [0.25, 0.3) is 5.56 Å².